The van der Waals surface area contributed by atoms with Crippen LogP contribution in [0.1, 0.15) is 0 Å². The molecule has 1 aromatic carbocycles. The number of para-hydroxylation sites is 2. The minimum Gasteiger partial charge on any atom is -0.443 e. The molecule has 0 unspecified atom stereocenters. The van der Waals surface area contributed by atoms with Crippen LogP contribution in [-0.2, 0) is 0 Å². The van der Waals surface area contributed by atoms with E-state index in [1.165, 1.54) is 26.0 Å². The zero-order chi connectivity index (χ0) is 12.3. The maximum Gasteiger partial charge on any atom is 0.181 e. The molecule has 0 aliphatic rings. The maximum atomic E-state index is 5.01. The summed E-state index contributed by atoms with van der Waals surface area (Å²) in [6, 6.07) is 7.67. The lowest BCUT2D eigenvalue weighted by molar-refractivity contribution is 0.602. The molecule has 3 rings (SSSR count). The van der Waals surface area contributed by atoms with Gasteiger partial charge in [0.05, 0.1) is 6.20 Å². The summed E-state index contributed by atoms with van der Waals surface area (Å²) in [4.78, 5) is 7.56. The Bertz CT molecular complexity index is 454. The normalized spacial score (nSPS) is 8.59. The molecular weight excluding hydrogens is 218 g/mol. The highest BCUT2D eigenvalue weighted by Crippen LogP contribution is 2.09. The van der Waals surface area contributed by atoms with Crippen LogP contribution in [0.4, 0.5) is 0 Å². The van der Waals surface area contributed by atoms with E-state index in [4.69, 9.17) is 4.42 Å². The number of nitrogens with two attached hydrogens (primary N) is 1. The summed E-state index contributed by atoms with van der Waals surface area (Å²) < 4.78 is 5.01. The number of aromatic nitrogens is 4. The summed E-state index contributed by atoms with van der Waals surface area (Å²) in [5.41, 5.74) is 6.26. The fourth-order valence-corrected chi connectivity index (χ4v) is 1.01. The van der Waals surface area contributed by atoms with Gasteiger partial charge in [0.2, 0.25) is 0 Å². The van der Waals surface area contributed by atoms with E-state index in [-0.39, 0.29) is 0 Å². The molecule has 0 atom stereocenters. The van der Waals surface area contributed by atoms with Crippen LogP contribution in [0.5, 0.6) is 0 Å². The first-order chi connectivity index (χ1) is 8.47. The molecule has 0 aliphatic heterocycles. The Morgan fingerprint density at radius 2 is 1.88 bits per heavy atom. The third kappa shape index (κ3) is 4.35. The lowest BCUT2D eigenvalue weighted by Gasteiger charge is -1.79. The third-order valence-corrected chi connectivity index (χ3v) is 1.64. The van der Waals surface area contributed by atoms with Crippen LogP contribution in [-0.4, -0.2) is 27.2 Å². The standard InChI is InChI=1S/C7H5NO.C3H3N3.CH5N/c1-2-4-7-6(3-1)8-5-9-7;1-2-5-6-3-4-1;1-2/h1-5H;1-3H;2H2,1H3. The SMILES string of the molecule is CN.c1ccc2ocnc2c1.c1cnncn1. The highest BCUT2D eigenvalue weighted by Gasteiger charge is 1.91. The molecule has 0 radical (unpaired) electrons. The zero-order valence-electron chi connectivity index (χ0n) is 9.39. The Kier molecular flexibility index (Phi) is 5.91. The molecule has 88 valence electrons. The first kappa shape index (κ1) is 12.7. The summed E-state index contributed by atoms with van der Waals surface area (Å²) in [5.74, 6) is 0. The van der Waals surface area contributed by atoms with Crippen LogP contribution in [0.25, 0.3) is 11.1 Å². The van der Waals surface area contributed by atoms with Crippen molar-refractivity contribution in [3.8, 4) is 0 Å². The Hall–Kier alpha value is -2.34. The van der Waals surface area contributed by atoms with E-state index in [0.717, 1.165) is 11.1 Å². The molecule has 6 nitrogen and oxygen atoms in total. The highest BCUT2D eigenvalue weighted by molar-refractivity contribution is 5.71. The third-order valence-electron chi connectivity index (χ3n) is 1.64. The fraction of sp³-hybridized carbons (Fsp3) is 0.0909. The van der Waals surface area contributed by atoms with Crippen molar-refractivity contribution in [1.29, 1.82) is 0 Å². The molecule has 17 heavy (non-hydrogen) atoms. The van der Waals surface area contributed by atoms with Crippen molar-refractivity contribution < 1.29 is 4.42 Å². The first-order valence-corrected chi connectivity index (χ1v) is 4.89. The van der Waals surface area contributed by atoms with Gasteiger partial charge in [0.15, 0.2) is 12.0 Å². The minimum absolute atomic E-state index is 0.845. The van der Waals surface area contributed by atoms with E-state index in [9.17, 15) is 0 Å². The Balaban J connectivity index is 0.000000158. The van der Waals surface area contributed by atoms with Crippen molar-refractivity contribution in [2.45, 2.75) is 0 Å². The molecular formula is C11H13N5O. The van der Waals surface area contributed by atoms with Crippen LogP contribution >= 0.6 is 0 Å². The molecule has 0 saturated carbocycles. The zero-order valence-corrected chi connectivity index (χ0v) is 9.39. The van der Waals surface area contributed by atoms with Crippen LogP contribution < -0.4 is 5.73 Å². The van der Waals surface area contributed by atoms with E-state index in [2.05, 4.69) is 25.9 Å². The topological polar surface area (TPSA) is 90.7 Å². The van der Waals surface area contributed by atoms with Gasteiger partial charge in [0.25, 0.3) is 0 Å². The fourth-order valence-electron chi connectivity index (χ4n) is 1.01. The quantitative estimate of drug-likeness (QED) is 0.626. The van der Waals surface area contributed by atoms with Crippen molar-refractivity contribution in [1.82, 2.24) is 20.2 Å². The summed E-state index contributed by atoms with van der Waals surface area (Å²) >= 11 is 0. The molecule has 0 amide bonds. The Labute approximate surface area is 98.5 Å². The molecule has 2 N–H and O–H groups in total. The molecule has 0 aliphatic carbocycles. The number of rotatable bonds is 0. The first-order valence-electron chi connectivity index (χ1n) is 4.89. The summed E-state index contributed by atoms with van der Waals surface area (Å²) in [5, 5.41) is 6.90. The van der Waals surface area contributed by atoms with Crippen molar-refractivity contribution in [3.63, 3.8) is 0 Å². The van der Waals surface area contributed by atoms with Gasteiger partial charge < -0.3 is 10.2 Å². The monoisotopic (exact) mass is 231 g/mol. The molecule has 2 aromatic heterocycles. The number of hydrogen-bond donors (Lipinski definition) is 1. The molecule has 3 aromatic rings. The van der Waals surface area contributed by atoms with Gasteiger partial charge in [-0.3, -0.25) is 0 Å². The predicted octanol–water partition coefficient (Wildman–Crippen LogP) is 1.27. The van der Waals surface area contributed by atoms with Gasteiger partial charge in [-0.2, -0.15) is 5.10 Å². The Morgan fingerprint density at radius 1 is 1.06 bits per heavy atom. The smallest absolute Gasteiger partial charge is 0.181 e. The van der Waals surface area contributed by atoms with Gasteiger partial charge >= 0.3 is 0 Å². The van der Waals surface area contributed by atoms with Gasteiger partial charge in [-0.05, 0) is 19.2 Å². The van der Waals surface area contributed by atoms with Gasteiger partial charge in [-0.1, -0.05) is 12.1 Å². The molecule has 0 bridgehead atoms. The number of benzene rings is 1. The lowest BCUT2D eigenvalue weighted by atomic mass is 10.3. The average Bonchev–Trinajstić information content (AvgIpc) is 2.92. The average molecular weight is 231 g/mol. The number of nitrogens with zero attached hydrogens (tertiary/aromatic N) is 4. The summed E-state index contributed by atoms with van der Waals surface area (Å²) in [6.45, 7) is 0. The lowest BCUT2D eigenvalue weighted by Crippen LogP contribution is -1.75. The number of oxazole rings is 1. The van der Waals surface area contributed by atoms with Crippen molar-refractivity contribution in [2.75, 3.05) is 7.05 Å². The second-order valence-corrected chi connectivity index (χ2v) is 2.61. The van der Waals surface area contributed by atoms with E-state index in [0.29, 0.717) is 0 Å². The second kappa shape index (κ2) is 7.89. The van der Waals surface area contributed by atoms with Crippen LogP contribution in [0.2, 0.25) is 0 Å². The van der Waals surface area contributed by atoms with Crippen molar-refractivity contribution in [3.05, 3.63) is 49.4 Å². The van der Waals surface area contributed by atoms with Crippen molar-refractivity contribution in [2.24, 2.45) is 5.73 Å². The predicted molar refractivity (Wildman–Crippen MR) is 63.9 cm³/mol. The molecule has 2 heterocycles. The van der Waals surface area contributed by atoms with Gasteiger partial charge in [-0.25, -0.2) is 9.97 Å². The van der Waals surface area contributed by atoms with E-state index < -0.39 is 0 Å². The number of hydrogen-bond acceptors (Lipinski definition) is 6. The molecule has 0 saturated heterocycles. The summed E-state index contributed by atoms with van der Waals surface area (Å²) in [6.07, 6.45) is 5.94. The van der Waals surface area contributed by atoms with Crippen LogP contribution in [0.15, 0.2) is 53.8 Å². The molecule has 0 fully saturated rings. The van der Waals surface area contributed by atoms with E-state index in [1.807, 2.05) is 24.3 Å². The van der Waals surface area contributed by atoms with E-state index >= 15 is 0 Å². The van der Waals surface area contributed by atoms with Gasteiger partial charge in [-0.15, -0.1) is 5.10 Å². The minimum atomic E-state index is 0.845. The van der Waals surface area contributed by atoms with Gasteiger partial charge in [0.1, 0.15) is 11.8 Å². The van der Waals surface area contributed by atoms with E-state index in [1.54, 1.807) is 6.20 Å². The molecule has 0 spiro atoms. The van der Waals surface area contributed by atoms with Crippen molar-refractivity contribution >= 4 is 11.1 Å². The highest BCUT2D eigenvalue weighted by atomic mass is 16.3. The van der Waals surface area contributed by atoms with Crippen LogP contribution in [0, 0.1) is 0 Å². The largest absolute Gasteiger partial charge is 0.443 e. The number of fused-ring (bicyclic) bond motifs is 1. The second-order valence-electron chi connectivity index (χ2n) is 2.61. The van der Waals surface area contributed by atoms with Gasteiger partial charge in [0, 0.05) is 6.20 Å². The van der Waals surface area contributed by atoms with Crippen LogP contribution in [0.3, 0.4) is 0 Å². The molecule has 6 heteroatoms. The summed E-state index contributed by atoms with van der Waals surface area (Å²) in [7, 11) is 1.50. The Morgan fingerprint density at radius 3 is 2.41 bits per heavy atom. The maximum absolute atomic E-state index is 5.01.